The average molecular weight is 368 g/mol. The van der Waals surface area contributed by atoms with Gasteiger partial charge in [-0.25, -0.2) is 9.98 Å². The molecule has 0 bridgehead atoms. The van der Waals surface area contributed by atoms with Crippen molar-refractivity contribution < 1.29 is 9.15 Å². The lowest BCUT2D eigenvalue weighted by atomic mass is 10.2. The van der Waals surface area contributed by atoms with Gasteiger partial charge in [0.05, 0.1) is 13.4 Å². The molecule has 0 saturated heterocycles. The van der Waals surface area contributed by atoms with Crippen LogP contribution in [0.5, 0.6) is 5.75 Å². The first-order valence-electron chi connectivity index (χ1n) is 8.88. The highest BCUT2D eigenvalue weighted by Gasteiger charge is 2.06. The minimum Gasteiger partial charge on any atom is -0.497 e. The van der Waals surface area contributed by atoms with Gasteiger partial charge in [-0.1, -0.05) is 0 Å². The lowest BCUT2D eigenvalue weighted by Crippen LogP contribution is -2.38. The van der Waals surface area contributed by atoms with Crippen LogP contribution in [0.15, 0.2) is 52.1 Å². The lowest BCUT2D eigenvalue weighted by Gasteiger charge is -2.10. The highest BCUT2D eigenvalue weighted by Crippen LogP contribution is 2.18. The maximum atomic E-state index is 5.33. The van der Waals surface area contributed by atoms with Crippen LogP contribution in [0.2, 0.25) is 0 Å². The van der Waals surface area contributed by atoms with Gasteiger partial charge in [-0.15, -0.1) is 0 Å². The van der Waals surface area contributed by atoms with Crippen LogP contribution in [-0.2, 0) is 13.0 Å². The van der Waals surface area contributed by atoms with E-state index in [1.807, 2.05) is 43.3 Å². The SMILES string of the molecule is CCNC(=NCc1nc(-c2ccc(OC)cc2)n[nH]1)NCCc1ccco1. The summed E-state index contributed by atoms with van der Waals surface area (Å²) in [5.74, 6) is 3.81. The van der Waals surface area contributed by atoms with Gasteiger partial charge in [0.25, 0.3) is 0 Å². The number of hydrogen-bond donors (Lipinski definition) is 3. The fraction of sp³-hybridized carbons (Fsp3) is 0.316. The summed E-state index contributed by atoms with van der Waals surface area (Å²) in [6, 6.07) is 11.5. The van der Waals surface area contributed by atoms with E-state index >= 15 is 0 Å². The Hall–Kier alpha value is -3.29. The van der Waals surface area contributed by atoms with E-state index in [0.29, 0.717) is 18.2 Å². The van der Waals surface area contributed by atoms with Gasteiger partial charge >= 0.3 is 0 Å². The number of nitrogens with one attached hydrogen (secondary N) is 3. The van der Waals surface area contributed by atoms with Crippen molar-refractivity contribution in [2.75, 3.05) is 20.2 Å². The van der Waals surface area contributed by atoms with Gasteiger partial charge in [-0.05, 0) is 43.3 Å². The smallest absolute Gasteiger partial charge is 0.191 e. The molecule has 3 rings (SSSR count). The molecular weight excluding hydrogens is 344 g/mol. The maximum absolute atomic E-state index is 5.33. The van der Waals surface area contributed by atoms with Gasteiger partial charge in [0.15, 0.2) is 11.8 Å². The normalized spacial score (nSPS) is 11.4. The third-order valence-corrected chi connectivity index (χ3v) is 3.86. The molecule has 0 fully saturated rings. The van der Waals surface area contributed by atoms with E-state index in [1.165, 1.54) is 0 Å². The second-order valence-electron chi connectivity index (χ2n) is 5.79. The molecule has 0 saturated carbocycles. The summed E-state index contributed by atoms with van der Waals surface area (Å²) in [6.07, 6.45) is 2.47. The molecule has 0 aliphatic carbocycles. The molecule has 2 aromatic heterocycles. The van der Waals surface area contributed by atoms with Crippen molar-refractivity contribution >= 4 is 5.96 Å². The molecule has 3 N–H and O–H groups in total. The molecule has 0 aliphatic heterocycles. The van der Waals surface area contributed by atoms with Crippen molar-refractivity contribution in [1.82, 2.24) is 25.8 Å². The standard InChI is InChI=1S/C19H24N6O2/c1-3-20-19(21-11-10-16-5-4-12-27-16)22-13-17-23-18(25-24-17)14-6-8-15(26-2)9-7-14/h4-9,12H,3,10-11,13H2,1-2H3,(H2,20,21,22)(H,23,24,25). The second-order valence-corrected chi connectivity index (χ2v) is 5.79. The zero-order valence-corrected chi connectivity index (χ0v) is 15.5. The van der Waals surface area contributed by atoms with E-state index < -0.39 is 0 Å². The third kappa shape index (κ3) is 5.34. The fourth-order valence-corrected chi connectivity index (χ4v) is 2.49. The summed E-state index contributed by atoms with van der Waals surface area (Å²) >= 11 is 0. The number of ether oxygens (including phenoxy) is 1. The third-order valence-electron chi connectivity index (χ3n) is 3.86. The summed E-state index contributed by atoms with van der Waals surface area (Å²) in [5.41, 5.74) is 0.922. The lowest BCUT2D eigenvalue weighted by molar-refractivity contribution is 0.415. The second kappa shape index (κ2) is 9.42. The number of guanidine groups is 1. The Kier molecular flexibility index (Phi) is 6.45. The maximum Gasteiger partial charge on any atom is 0.191 e. The summed E-state index contributed by atoms with van der Waals surface area (Å²) < 4.78 is 10.5. The molecule has 0 amide bonds. The molecular formula is C19H24N6O2. The number of hydrogen-bond acceptors (Lipinski definition) is 5. The Morgan fingerprint density at radius 3 is 2.78 bits per heavy atom. The quantitative estimate of drug-likeness (QED) is 0.417. The van der Waals surface area contributed by atoms with E-state index in [1.54, 1.807) is 13.4 Å². The van der Waals surface area contributed by atoms with Crippen LogP contribution in [0.4, 0.5) is 0 Å². The number of aromatic nitrogens is 3. The molecule has 142 valence electrons. The van der Waals surface area contributed by atoms with Crippen molar-refractivity contribution in [2.24, 2.45) is 4.99 Å². The Labute approximate surface area is 158 Å². The van der Waals surface area contributed by atoms with Crippen LogP contribution >= 0.6 is 0 Å². The Morgan fingerprint density at radius 2 is 2.07 bits per heavy atom. The van der Waals surface area contributed by atoms with Crippen LogP contribution in [0.1, 0.15) is 18.5 Å². The molecule has 3 aromatic rings. The Morgan fingerprint density at radius 1 is 1.22 bits per heavy atom. The van der Waals surface area contributed by atoms with E-state index in [4.69, 9.17) is 9.15 Å². The minimum absolute atomic E-state index is 0.402. The van der Waals surface area contributed by atoms with Crippen molar-refractivity contribution in [2.45, 2.75) is 19.9 Å². The van der Waals surface area contributed by atoms with Crippen LogP contribution in [0.25, 0.3) is 11.4 Å². The average Bonchev–Trinajstić information content (AvgIpc) is 3.38. The van der Waals surface area contributed by atoms with Crippen molar-refractivity contribution in [1.29, 1.82) is 0 Å². The predicted molar refractivity (Wildman–Crippen MR) is 104 cm³/mol. The fourth-order valence-electron chi connectivity index (χ4n) is 2.49. The molecule has 8 nitrogen and oxygen atoms in total. The van der Waals surface area contributed by atoms with E-state index in [2.05, 4.69) is 30.8 Å². The zero-order valence-electron chi connectivity index (χ0n) is 15.5. The Bertz CT molecular complexity index is 839. The monoisotopic (exact) mass is 368 g/mol. The van der Waals surface area contributed by atoms with Crippen LogP contribution < -0.4 is 15.4 Å². The van der Waals surface area contributed by atoms with Crippen LogP contribution in [0, 0.1) is 0 Å². The van der Waals surface area contributed by atoms with Crippen molar-refractivity contribution in [3.63, 3.8) is 0 Å². The zero-order chi connectivity index (χ0) is 18.9. The van der Waals surface area contributed by atoms with Gasteiger partial charge in [0, 0.05) is 25.1 Å². The number of H-pyrrole nitrogens is 1. The number of aromatic amines is 1. The number of methoxy groups -OCH3 is 1. The van der Waals surface area contributed by atoms with Gasteiger partial charge in [0.2, 0.25) is 0 Å². The molecule has 0 unspecified atom stereocenters. The van der Waals surface area contributed by atoms with E-state index in [0.717, 1.165) is 42.5 Å². The molecule has 0 atom stereocenters. The van der Waals surface area contributed by atoms with Crippen molar-refractivity contribution in [3.05, 3.63) is 54.2 Å². The van der Waals surface area contributed by atoms with Gasteiger partial charge < -0.3 is 19.8 Å². The first-order valence-corrected chi connectivity index (χ1v) is 8.88. The number of furan rings is 1. The first-order chi connectivity index (χ1) is 13.3. The molecule has 1 aromatic carbocycles. The topological polar surface area (TPSA) is 100 Å². The van der Waals surface area contributed by atoms with E-state index in [9.17, 15) is 0 Å². The molecule has 0 radical (unpaired) electrons. The minimum atomic E-state index is 0.402. The largest absolute Gasteiger partial charge is 0.497 e. The summed E-state index contributed by atoms with van der Waals surface area (Å²) in [6.45, 7) is 3.94. The highest BCUT2D eigenvalue weighted by atomic mass is 16.5. The van der Waals surface area contributed by atoms with Crippen LogP contribution in [-0.4, -0.2) is 41.3 Å². The summed E-state index contributed by atoms with van der Waals surface area (Å²) in [7, 11) is 1.64. The summed E-state index contributed by atoms with van der Waals surface area (Å²) in [5, 5.41) is 13.7. The Balaban J connectivity index is 1.57. The molecule has 2 heterocycles. The number of benzene rings is 1. The van der Waals surface area contributed by atoms with Gasteiger partial charge in [0.1, 0.15) is 23.9 Å². The van der Waals surface area contributed by atoms with Crippen LogP contribution in [0.3, 0.4) is 0 Å². The molecule has 0 aliphatic rings. The molecule has 27 heavy (non-hydrogen) atoms. The number of rotatable bonds is 8. The van der Waals surface area contributed by atoms with Gasteiger partial charge in [-0.3, -0.25) is 5.10 Å². The number of nitrogens with zero attached hydrogens (tertiary/aromatic N) is 3. The van der Waals surface area contributed by atoms with E-state index in [-0.39, 0.29) is 0 Å². The first kappa shape index (κ1) is 18.5. The molecule has 8 heteroatoms. The summed E-state index contributed by atoms with van der Waals surface area (Å²) in [4.78, 5) is 9.05. The van der Waals surface area contributed by atoms with Crippen molar-refractivity contribution in [3.8, 4) is 17.1 Å². The number of aliphatic imine (C=N–C) groups is 1. The van der Waals surface area contributed by atoms with Gasteiger partial charge in [-0.2, -0.15) is 5.10 Å². The highest BCUT2D eigenvalue weighted by molar-refractivity contribution is 5.79. The molecule has 0 spiro atoms. The predicted octanol–water partition coefficient (Wildman–Crippen LogP) is 2.37.